The lowest BCUT2D eigenvalue weighted by atomic mass is 9.97. The highest BCUT2D eigenvalue weighted by atomic mass is 16.6. The van der Waals surface area contributed by atoms with Gasteiger partial charge in [0, 0.05) is 13.8 Å². The number of aliphatic hydroxyl groups excluding tert-OH is 8. The van der Waals surface area contributed by atoms with E-state index in [9.17, 15) is 40.2 Å². The standard InChI is InChI=1S/2C8H15NO6/c2*1-3(11)9-5-7(13)6(12)4(2-10)15-8(5)14/h2*4-8,10,12-14H,2H2,1H3,(H,9,11)/t4-,5-,6-,7-,8?;/m1./s1. The Labute approximate surface area is 171 Å². The van der Waals surface area contributed by atoms with Gasteiger partial charge in [0.15, 0.2) is 12.6 Å². The van der Waals surface area contributed by atoms with E-state index in [2.05, 4.69) is 10.6 Å². The highest BCUT2D eigenvalue weighted by Gasteiger charge is 2.44. The minimum Gasteiger partial charge on any atom is -0.394 e. The number of amides is 2. The monoisotopic (exact) mass is 442 g/mol. The van der Waals surface area contributed by atoms with Gasteiger partial charge >= 0.3 is 0 Å². The molecule has 2 heterocycles. The van der Waals surface area contributed by atoms with Crippen LogP contribution in [0, 0.1) is 0 Å². The van der Waals surface area contributed by atoms with E-state index in [-0.39, 0.29) is 0 Å². The summed E-state index contributed by atoms with van der Waals surface area (Å²) in [5.41, 5.74) is 0. The van der Waals surface area contributed by atoms with E-state index in [1.807, 2.05) is 0 Å². The number of hydrogen-bond acceptors (Lipinski definition) is 12. The summed E-state index contributed by atoms with van der Waals surface area (Å²) in [6.45, 7) is 1.37. The Balaban J connectivity index is 0.000000300. The molecule has 14 nitrogen and oxygen atoms in total. The Hall–Kier alpha value is -1.46. The normalized spacial score (nSPS) is 41.3. The molecule has 2 saturated heterocycles. The number of ether oxygens (including phenoxy) is 2. The van der Waals surface area contributed by atoms with Gasteiger partial charge < -0.3 is 61.0 Å². The Kier molecular flexibility index (Phi) is 10.5. The van der Waals surface area contributed by atoms with Crippen LogP contribution < -0.4 is 10.6 Å². The molecular weight excluding hydrogens is 412 g/mol. The van der Waals surface area contributed by atoms with Gasteiger partial charge in [0.05, 0.1) is 13.2 Å². The predicted molar refractivity (Wildman–Crippen MR) is 95.2 cm³/mol. The molecule has 0 spiro atoms. The van der Waals surface area contributed by atoms with E-state index in [4.69, 9.17) is 19.7 Å². The fourth-order valence-electron chi connectivity index (χ4n) is 2.98. The number of hydrogen-bond donors (Lipinski definition) is 10. The third-order valence-electron chi connectivity index (χ3n) is 4.54. The summed E-state index contributed by atoms with van der Waals surface area (Å²) >= 11 is 0. The zero-order valence-electron chi connectivity index (χ0n) is 16.4. The third-order valence-corrected chi connectivity index (χ3v) is 4.54. The van der Waals surface area contributed by atoms with E-state index in [1.165, 1.54) is 13.8 Å². The molecule has 2 aliphatic heterocycles. The van der Waals surface area contributed by atoms with Crippen LogP contribution >= 0.6 is 0 Å². The summed E-state index contributed by atoms with van der Waals surface area (Å²) in [5, 5.41) is 78.8. The molecule has 10 atom stereocenters. The first-order chi connectivity index (χ1) is 13.9. The van der Waals surface area contributed by atoms with Crippen molar-refractivity contribution in [3.8, 4) is 0 Å². The van der Waals surface area contributed by atoms with Crippen LogP contribution in [0.1, 0.15) is 13.8 Å². The second kappa shape index (κ2) is 11.8. The van der Waals surface area contributed by atoms with Gasteiger partial charge in [0.2, 0.25) is 11.8 Å². The minimum absolute atomic E-state index is 0.462. The average molecular weight is 442 g/mol. The molecule has 30 heavy (non-hydrogen) atoms. The summed E-state index contributed by atoms with van der Waals surface area (Å²) in [7, 11) is 0. The summed E-state index contributed by atoms with van der Waals surface area (Å²) in [6, 6.07) is -2.19. The van der Waals surface area contributed by atoms with E-state index in [0.717, 1.165) is 0 Å². The van der Waals surface area contributed by atoms with Crippen LogP contribution in [0.5, 0.6) is 0 Å². The first-order valence-electron chi connectivity index (χ1n) is 9.09. The highest BCUT2D eigenvalue weighted by Crippen LogP contribution is 2.20. The molecule has 2 rings (SSSR count). The van der Waals surface area contributed by atoms with Crippen LogP contribution in [-0.2, 0) is 19.1 Å². The molecule has 0 aromatic heterocycles. The Bertz CT molecular complexity index is 518. The Morgan fingerprint density at radius 1 is 0.667 bits per heavy atom. The van der Waals surface area contributed by atoms with Crippen LogP contribution in [-0.4, -0.2) is 127 Å². The van der Waals surface area contributed by atoms with Crippen LogP contribution in [0.25, 0.3) is 0 Å². The first-order valence-corrected chi connectivity index (χ1v) is 9.09. The van der Waals surface area contributed by atoms with E-state index in [0.29, 0.717) is 0 Å². The predicted octanol–water partition coefficient (Wildman–Crippen LogP) is -6.16. The maximum absolute atomic E-state index is 10.7. The summed E-state index contributed by atoms with van der Waals surface area (Å²) in [4.78, 5) is 21.5. The second-order valence-electron chi connectivity index (χ2n) is 6.91. The molecule has 2 aliphatic rings. The van der Waals surface area contributed by atoms with E-state index in [1.54, 1.807) is 0 Å². The van der Waals surface area contributed by atoms with Crippen molar-refractivity contribution in [3.05, 3.63) is 0 Å². The third kappa shape index (κ3) is 6.78. The highest BCUT2D eigenvalue weighted by molar-refractivity contribution is 5.73. The topological polar surface area (TPSA) is 238 Å². The van der Waals surface area contributed by atoms with Crippen molar-refractivity contribution in [2.75, 3.05) is 13.2 Å². The SMILES string of the molecule is CC(=O)NC1C(O)OC(CO)C(O)C1O.CC(=O)N[C@H]1C(O)O[C@H](CO)[C@@H](O)[C@@H]1O. The fraction of sp³-hybridized carbons (Fsp3) is 0.875. The molecule has 2 fully saturated rings. The Morgan fingerprint density at radius 2 is 0.967 bits per heavy atom. The van der Waals surface area contributed by atoms with Gasteiger partial charge in [0.25, 0.3) is 0 Å². The molecule has 0 bridgehead atoms. The number of carbonyl (C=O) groups is 2. The molecule has 10 N–H and O–H groups in total. The summed E-state index contributed by atoms with van der Waals surface area (Å²) < 4.78 is 9.62. The molecular formula is C16H30N2O12. The van der Waals surface area contributed by atoms with Crippen LogP contribution in [0.3, 0.4) is 0 Å². The number of nitrogens with one attached hydrogen (secondary N) is 2. The first kappa shape index (κ1) is 26.6. The van der Waals surface area contributed by atoms with Gasteiger partial charge in [-0.05, 0) is 0 Å². The minimum atomic E-state index is -1.45. The number of carbonyl (C=O) groups excluding carboxylic acids is 2. The van der Waals surface area contributed by atoms with Crippen molar-refractivity contribution in [1.29, 1.82) is 0 Å². The average Bonchev–Trinajstić information content (AvgIpc) is 2.68. The van der Waals surface area contributed by atoms with Gasteiger partial charge in [-0.3, -0.25) is 9.59 Å². The van der Waals surface area contributed by atoms with Crippen molar-refractivity contribution in [2.24, 2.45) is 0 Å². The molecule has 0 aromatic rings. The van der Waals surface area contributed by atoms with Gasteiger partial charge in [0.1, 0.15) is 48.7 Å². The van der Waals surface area contributed by atoms with Gasteiger partial charge in [-0.2, -0.15) is 0 Å². The molecule has 0 saturated carbocycles. The van der Waals surface area contributed by atoms with Gasteiger partial charge in [-0.25, -0.2) is 0 Å². The van der Waals surface area contributed by atoms with Crippen LogP contribution in [0.15, 0.2) is 0 Å². The van der Waals surface area contributed by atoms with Crippen LogP contribution in [0.2, 0.25) is 0 Å². The number of aliphatic hydroxyl groups is 8. The second-order valence-corrected chi connectivity index (χ2v) is 6.91. The molecule has 0 aromatic carbocycles. The summed E-state index contributed by atoms with van der Waals surface area (Å²) in [5.74, 6) is -0.923. The molecule has 0 aliphatic carbocycles. The van der Waals surface area contributed by atoms with Crippen molar-refractivity contribution < 1.29 is 59.9 Å². The van der Waals surface area contributed by atoms with Gasteiger partial charge in [-0.1, -0.05) is 0 Å². The molecule has 176 valence electrons. The van der Waals surface area contributed by atoms with Crippen molar-refractivity contribution >= 4 is 11.8 Å². The van der Waals surface area contributed by atoms with Gasteiger partial charge in [-0.15, -0.1) is 0 Å². The lowest BCUT2D eigenvalue weighted by molar-refractivity contribution is -0.253. The molecule has 6 unspecified atom stereocenters. The Morgan fingerprint density at radius 3 is 1.20 bits per heavy atom. The maximum Gasteiger partial charge on any atom is 0.217 e. The summed E-state index contributed by atoms with van der Waals surface area (Å²) in [6.07, 6.45) is -10.5. The van der Waals surface area contributed by atoms with E-state index >= 15 is 0 Å². The smallest absolute Gasteiger partial charge is 0.217 e. The maximum atomic E-state index is 10.7. The molecule has 0 radical (unpaired) electrons. The quantitative estimate of drug-likeness (QED) is 0.196. The van der Waals surface area contributed by atoms with Crippen molar-refractivity contribution in [2.45, 2.75) is 75.1 Å². The fourth-order valence-corrected chi connectivity index (χ4v) is 2.98. The lowest BCUT2D eigenvalue weighted by Gasteiger charge is -2.40. The van der Waals surface area contributed by atoms with Crippen LogP contribution in [0.4, 0.5) is 0 Å². The zero-order chi connectivity index (χ0) is 23.2. The molecule has 14 heteroatoms. The molecule has 2 amide bonds. The van der Waals surface area contributed by atoms with Crippen molar-refractivity contribution in [3.63, 3.8) is 0 Å². The lowest BCUT2D eigenvalue weighted by Crippen LogP contribution is -2.63. The zero-order valence-corrected chi connectivity index (χ0v) is 16.4. The largest absolute Gasteiger partial charge is 0.394 e. The number of rotatable bonds is 4. The van der Waals surface area contributed by atoms with Crippen molar-refractivity contribution in [1.82, 2.24) is 10.6 Å². The van der Waals surface area contributed by atoms with E-state index < -0.39 is 86.3 Å².